The summed E-state index contributed by atoms with van der Waals surface area (Å²) in [5.74, 6) is -0.514. The van der Waals surface area contributed by atoms with Crippen molar-refractivity contribution in [3.05, 3.63) is 59.9 Å². The molecule has 0 aromatic heterocycles. The van der Waals surface area contributed by atoms with Crippen LogP contribution in [-0.2, 0) is 26.2 Å². The van der Waals surface area contributed by atoms with Crippen LogP contribution in [0.3, 0.4) is 0 Å². The van der Waals surface area contributed by atoms with Crippen LogP contribution in [0.5, 0.6) is 5.75 Å². The first-order chi connectivity index (χ1) is 13.9. The molecular weight excluding hydrogens is 397 g/mol. The number of rotatable bonds is 7. The highest BCUT2D eigenvalue weighted by Gasteiger charge is 2.32. The van der Waals surface area contributed by atoms with Gasteiger partial charge in [0.2, 0.25) is 10.0 Å². The van der Waals surface area contributed by atoms with Gasteiger partial charge in [0.15, 0.2) is 0 Å². The van der Waals surface area contributed by atoms with E-state index < -0.39 is 10.0 Å². The van der Waals surface area contributed by atoms with Crippen LogP contribution in [0, 0.1) is 11.7 Å². The Morgan fingerprint density at radius 2 is 1.83 bits per heavy atom. The molecule has 1 aliphatic rings. The van der Waals surface area contributed by atoms with Crippen molar-refractivity contribution in [2.24, 2.45) is 5.92 Å². The summed E-state index contributed by atoms with van der Waals surface area (Å²) >= 11 is 0. The Bertz CT molecular complexity index is 938. The molecule has 0 radical (unpaired) electrons. The van der Waals surface area contributed by atoms with Gasteiger partial charge in [-0.2, -0.15) is 4.31 Å². The number of benzene rings is 2. The smallest absolute Gasteiger partial charge is 0.309 e. The first-order valence-corrected chi connectivity index (χ1v) is 11.0. The summed E-state index contributed by atoms with van der Waals surface area (Å²) in [7, 11) is -3.62. The molecule has 1 heterocycles. The number of sulfonamides is 1. The standard InChI is InChI=1S/C21H24FNO5S/c1-2-27-19-6-8-20(9-7-19)29(25,26)23-12-10-17(11-13-23)21(24)28-15-16-4-3-5-18(22)14-16/h3-9,14,17H,2,10-13,15H2,1H3. The second-order valence-corrected chi connectivity index (χ2v) is 8.76. The zero-order valence-electron chi connectivity index (χ0n) is 16.2. The molecule has 0 saturated carbocycles. The molecule has 2 aromatic rings. The minimum Gasteiger partial charge on any atom is -0.494 e. The molecule has 0 amide bonds. The summed E-state index contributed by atoms with van der Waals surface area (Å²) in [4.78, 5) is 12.5. The average Bonchev–Trinajstić information content (AvgIpc) is 2.73. The minimum absolute atomic E-state index is 0.00128. The molecular formula is C21H24FNO5S. The number of carbonyl (C=O) groups is 1. The maximum Gasteiger partial charge on any atom is 0.309 e. The monoisotopic (exact) mass is 421 g/mol. The second kappa shape index (κ2) is 9.37. The molecule has 1 fully saturated rings. The number of hydrogen-bond acceptors (Lipinski definition) is 5. The number of halogens is 1. The largest absolute Gasteiger partial charge is 0.494 e. The van der Waals surface area contributed by atoms with Crippen molar-refractivity contribution >= 4 is 16.0 Å². The number of nitrogens with zero attached hydrogens (tertiary/aromatic N) is 1. The molecule has 156 valence electrons. The van der Waals surface area contributed by atoms with Gasteiger partial charge >= 0.3 is 5.97 Å². The predicted molar refractivity (Wildman–Crippen MR) is 105 cm³/mol. The Morgan fingerprint density at radius 1 is 1.14 bits per heavy atom. The van der Waals surface area contributed by atoms with E-state index in [1.54, 1.807) is 24.3 Å². The molecule has 0 bridgehead atoms. The lowest BCUT2D eigenvalue weighted by Gasteiger charge is -2.30. The summed E-state index contributed by atoms with van der Waals surface area (Å²) < 4.78 is 50.8. The highest BCUT2D eigenvalue weighted by Crippen LogP contribution is 2.26. The maximum atomic E-state index is 13.2. The molecule has 0 aliphatic carbocycles. The Kier molecular flexibility index (Phi) is 6.87. The fourth-order valence-corrected chi connectivity index (χ4v) is 4.72. The molecule has 0 N–H and O–H groups in total. The normalized spacial score (nSPS) is 15.8. The van der Waals surface area contributed by atoms with Crippen molar-refractivity contribution in [1.82, 2.24) is 4.31 Å². The quantitative estimate of drug-likeness (QED) is 0.641. The van der Waals surface area contributed by atoms with Gasteiger partial charge in [0.25, 0.3) is 0 Å². The van der Waals surface area contributed by atoms with E-state index in [1.165, 1.54) is 28.6 Å². The lowest BCUT2D eigenvalue weighted by atomic mass is 9.98. The third-order valence-electron chi connectivity index (χ3n) is 4.83. The topological polar surface area (TPSA) is 72.9 Å². The van der Waals surface area contributed by atoms with Crippen molar-refractivity contribution in [1.29, 1.82) is 0 Å². The van der Waals surface area contributed by atoms with Crippen LogP contribution in [0.25, 0.3) is 0 Å². The zero-order chi connectivity index (χ0) is 20.9. The number of carbonyl (C=O) groups excluding carboxylic acids is 1. The average molecular weight is 421 g/mol. The first kappa shape index (κ1) is 21.3. The van der Waals surface area contributed by atoms with E-state index in [9.17, 15) is 17.6 Å². The molecule has 0 unspecified atom stereocenters. The number of hydrogen-bond donors (Lipinski definition) is 0. The van der Waals surface area contributed by atoms with Crippen molar-refractivity contribution in [3.63, 3.8) is 0 Å². The summed E-state index contributed by atoms with van der Waals surface area (Å²) in [5, 5.41) is 0. The van der Waals surface area contributed by atoms with Crippen LogP contribution in [0.2, 0.25) is 0 Å². The van der Waals surface area contributed by atoms with Crippen molar-refractivity contribution in [2.75, 3.05) is 19.7 Å². The Hall–Kier alpha value is -2.45. The summed E-state index contributed by atoms with van der Waals surface area (Å²) in [5.41, 5.74) is 0.578. The van der Waals surface area contributed by atoms with E-state index in [0.29, 0.717) is 30.8 Å². The Balaban J connectivity index is 1.54. The minimum atomic E-state index is -3.62. The van der Waals surface area contributed by atoms with Gasteiger partial charge in [0.05, 0.1) is 17.4 Å². The molecule has 6 nitrogen and oxygen atoms in total. The second-order valence-electron chi connectivity index (χ2n) is 6.82. The first-order valence-electron chi connectivity index (χ1n) is 9.54. The van der Waals surface area contributed by atoms with Gasteiger partial charge in [0.1, 0.15) is 18.2 Å². The lowest BCUT2D eigenvalue weighted by Crippen LogP contribution is -2.40. The zero-order valence-corrected chi connectivity index (χ0v) is 17.0. The highest BCUT2D eigenvalue weighted by atomic mass is 32.2. The van der Waals surface area contributed by atoms with Crippen LogP contribution in [0.15, 0.2) is 53.4 Å². The van der Waals surface area contributed by atoms with E-state index in [0.717, 1.165) is 0 Å². The van der Waals surface area contributed by atoms with E-state index >= 15 is 0 Å². The number of ether oxygens (including phenoxy) is 2. The molecule has 8 heteroatoms. The van der Waals surface area contributed by atoms with Gasteiger partial charge in [-0.1, -0.05) is 12.1 Å². The van der Waals surface area contributed by atoms with Crippen molar-refractivity contribution < 1.29 is 27.1 Å². The maximum absolute atomic E-state index is 13.2. The van der Waals surface area contributed by atoms with Crippen LogP contribution >= 0.6 is 0 Å². The molecule has 3 rings (SSSR count). The fraction of sp³-hybridized carbons (Fsp3) is 0.381. The van der Waals surface area contributed by atoms with Crippen LogP contribution in [0.1, 0.15) is 25.3 Å². The Morgan fingerprint density at radius 3 is 2.45 bits per heavy atom. The Labute approximate surface area is 170 Å². The van der Waals surface area contributed by atoms with Crippen molar-refractivity contribution in [3.8, 4) is 5.75 Å². The molecule has 0 atom stereocenters. The molecule has 2 aromatic carbocycles. The van der Waals surface area contributed by atoms with Gasteiger partial charge in [0, 0.05) is 13.1 Å². The number of piperidine rings is 1. The van der Waals surface area contributed by atoms with Gasteiger partial charge in [-0.15, -0.1) is 0 Å². The lowest BCUT2D eigenvalue weighted by molar-refractivity contribution is -0.151. The third kappa shape index (κ3) is 5.33. The van der Waals surface area contributed by atoms with E-state index in [1.807, 2.05) is 6.92 Å². The van der Waals surface area contributed by atoms with Crippen LogP contribution in [-0.4, -0.2) is 38.4 Å². The summed E-state index contributed by atoms with van der Waals surface area (Å²) in [6.07, 6.45) is 0.774. The fourth-order valence-electron chi connectivity index (χ4n) is 3.25. The van der Waals surface area contributed by atoms with Gasteiger partial charge < -0.3 is 9.47 Å². The van der Waals surface area contributed by atoms with E-state index in [-0.39, 0.29) is 42.3 Å². The highest BCUT2D eigenvalue weighted by molar-refractivity contribution is 7.89. The number of esters is 1. The predicted octanol–water partition coefficient (Wildman–Crippen LogP) is 3.37. The van der Waals surface area contributed by atoms with Crippen LogP contribution in [0.4, 0.5) is 4.39 Å². The van der Waals surface area contributed by atoms with E-state index in [4.69, 9.17) is 9.47 Å². The van der Waals surface area contributed by atoms with Gasteiger partial charge in [-0.05, 0) is 61.7 Å². The molecule has 29 heavy (non-hydrogen) atoms. The summed E-state index contributed by atoms with van der Waals surface area (Å²) in [6.45, 7) is 2.86. The van der Waals surface area contributed by atoms with Crippen molar-refractivity contribution in [2.45, 2.75) is 31.3 Å². The molecule has 1 saturated heterocycles. The molecule has 1 aliphatic heterocycles. The van der Waals surface area contributed by atoms with Crippen LogP contribution < -0.4 is 4.74 Å². The third-order valence-corrected chi connectivity index (χ3v) is 6.74. The SMILES string of the molecule is CCOc1ccc(S(=O)(=O)N2CCC(C(=O)OCc3cccc(F)c3)CC2)cc1. The van der Waals surface area contributed by atoms with Gasteiger partial charge in [-0.3, -0.25) is 4.79 Å². The molecule has 0 spiro atoms. The summed E-state index contributed by atoms with van der Waals surface area (Å²) in [6, 6.07) is 12.2. The van der Waals surface area contributed by atoms with E-state index in [2.05, 4.69) is 0 Å². The van der Waals surface area contributed by atoms with Gasteiger partial charge in [-0.25, -0.2) is 12.8 Å².